The van der Waals surface area contributed by atoms with Crippen LogP contribution in [0, 0.1) is 5.92 Å². The number of ketones is 1. The lowest BCUT2D eigenvalue weighted by Crippen LogP contribution is -2.44. The second kappa shape index (κ2) is 13.2. The fourth-order valence-corrected chi connectivity index (χ4v) is 3.42. The summed E-state index contributed by atoms with van der Waals surface area (Å²) in [6.45, 7) is 11.7. The predicted molar refractivity (Wildman–Crippen MR) is 129 cm³/mol. The van der Waals surface area contributed by atoms with Crippen molar-refractivity contribution in [2.24, 2.45) is 5.92 Å². The molecule has 1 atom stereocenters. The van der Waals surface area contributed by atoms with Gasteiger partial charge >= 0.3 is 0 Å². The maximum Gasteiger partial charge on any atom is 0.176 e. The molecule has 0 aromatic heterocycles. The first-order valence-electron chi connectivity index (χ1n) is 11.0. The van der Waals surface area contributed by atoms with E-state index >= 15 is 0 Å². The summed E-state index contributed by atoms with van der Waals surface area (Å²) >= 11 is 0. The van der Waals surface area contributed by atoms with Gasteiger partial charge in [0.05, 0.1) is 13.7 Å². The van der Waals surface area contributed by atoms with Gasteiger partial charge in [0.2, 0.25) is 0 Å². The second-order valence-corrected chi connectivity index (χ2v) is 7.85. The van der Waals surface area contributed by atoms with Gasteiger partial charge in [-0.3, -0.25) is 4.79 Å². The molecule has 2 aromatic carbocycles. The summed E-state index contributed by atoms with van der Waals surface area (Å²) in [7, 11) is 5.81. The van der Waals surface area contributed by atoms with Gasteiger partial charge in [-0.1, -0.05) is 71.0 Å². The van der Waals surface area contributed by atoms with Crippen molar-refractivity contribution in [2.45, 2.75) is 47.1 Å². The van der Waals surface area contributed by atoms with Gasteiger partial charge in [0.15, 0.2) is 5.78 Å². The zero-order valence-corrected chi connectivity index (χ0v) is 20.1. The fourth-order valence-electron chi connectivity index (χ4n) is 3.42. The Labute approximate surface area is 183 Å². The fraction of sp³-hybridized carbons (Fsp3) is 0.500. The van der Waals surface area contributed by atoms with Crippen LogP contribution >= 0.6 is 0 Å². The van der Waals surface area contributed by atoms with E-state index < -0.39 is 0 Å². The Kier molecular flexibility index (Phi) is 11.4. The third kappa shape index (κ3) is 7.26. The van der Waals surface area contributed by atoms with Crippen LogP contribution in [0.15, 0.2) is 42.5 Å². The third-order valence-electron chi connectivity index (χ3n) is 5.07. The van der Waals surface area contributed by atoms with Crippen LogP contribution in [-0.4, -0.2) is 51.0 Å². The summed E-state index contributed by atoms with van der Waals surface area (Å²) in [6, 6.07) is 14.3. The van der Waals surface area contributed by atoms with E-state index in [0.29, 0.717) is 12.5 Å². The zero-order valence-electron chi connectivity index (χ0n) is 20.1. The average Bonchev–Trinajstić information content (AvgIpc) is 2.76. The van der Waals surface area contributed by atoms with Gasteiger partial charge in [-0.15, -0.1) is 0 Å². The molecule has 0 saturated heterocycles. The number of benzene rings is 2. The summed E-state index contributed by atoms with van der Waals surface area (Å²) < 4.78 is 5.66. The number of hydrogen-bond donors (Lipinski definition) is 1. The van der Waals surface area contributed by atoms with Gasteiger partial charge < -0.3 is 15.0 Å². The number of aryl methyl sites for hydroxylation is 1. The zero-order chi connectivity index (χ0) is 22.7. The lowest BCUT2D eigenvalue weighted by atomic mass is 9.97. The van der Waals surface area contributed by atoms with Crippen molar-refractivity contribution >= 4 is 5.78 Å². The summed E-state index contributed by atoms with van der Waals surface area (Å²) in [6.07, 6.45) is 0.905. The number of likely N-dealkylation sites (N-methyl/N-ethyl adjacent to an activating group) is 1. The maximum absolute atomic E-state index is 12.8. The summed E-state index contributed by atoms with van der Waals surface area (Å²) in [4.78, 5) is 15.0. The summed E-state index contributed by atoms with van der Waals surface area (Å²) in [5.74, 6) is 1.46. The summed E-state index contributed by atoms with van der Waals surface area (Å²) in [5, 5.41) is 3.43. The van der Waals surface area contributed by atoms with Crippen molar-refractivity contribution in [3.05, 3.63) is 53.6 Å². The van der Waals surface area contributed by atoms with E-state index in [1.165, 1.54) is 5.56 Å². The number of carbonyl (C=O) groups is 1. The summed E-state index contributed by atoms with van der Waals surface area (Å²) in [5.41, 5.74) is 3.92. The number of Topliss-reactive ketones (excluding diaryl/α,β-unsaturated/α-hetero) is 1. The topological polar surface area (TPSA) is 41.6 Å². The van der Waals surface area contributed by atoms with Gasteiger partial charge in [-0.2, -0.15) is 0 Å². The first-order chi connectivity index (χ1) is 14.4. The molecule has 30 heavy (non-hydrogen) atoms. The molecule has 0 heterocycles. The van der Waals surface area contributed by atoms with Crippen LogP contribution in [0.4, 0.5) is 0 Å². The number of methoxy groups -OCH3 is 1. The molecule has 0 unspecified atom stereocenters. The Morgan fingerprint density at radius 3 is 2.33 bits per heavy atom. The van der Waals surface area contributed by atoms with E-state index in [-0.39, 0.29) is 11.8 Å². The Morgan fingerprint density at radius 2 is 1.77 bits per heavy atom. The van der Waals surface area contributed by atoms with Crippen LogP contribution in [0.25, 0.3) is 11.1 Å². The molecule has 0 aliphatic carbocycles. The van der Waals surface area contributed by atoms with Crippen LogP contribution in [0.1, 0.15) is 50.5 Å². The van der Waals surface area contributed by atoms with Crippen molar-refractivity contribution in [3.8, 4) is 16.9 Å². The van der Waals surface area contributed by atoms with Crippen molar-refractivity contribution < 1.29 is 9.53 Å². The number of ether oxygens (including phenoxy) is 1. The van der Waals surface area contributed by atoms with Crippen molar-refractivity contribution in [2.75, 3.05) is 34.3 Å². The van der Waals surface area contributed by atoms with Gasteiger partial charge in [0.1, 0.15) is 5.75 Å². The molecule has 0 saturated carbocycles. The SMILES string of the molecule is CC.CCc1cccc(-c2cccc(C(=O)CN[C@@H](CN(C)C)C(C)C)c2)c1OC. The van der Waals surface area contributed by atoms with E-state index in [1.807, 2.05) is 50.2 Å². The van der Waals surface area contributed by atoms with Gasteiger partial charge in [0, 0.05) is 23.7 Å². The molecule has 0 fully saturated rings. The third-order valence-corrected chi connectivity index (χ3v) is 5.07. The van der Waals surface area contributed by atoms with E-state index in [1.54, 1.807) is 7.11 Å². The van der Waals surface area contributed by atoms with E-state index in [0.717, 1.165) is 35.4 Å². The molecule has 0 radical (unpaired) electrons. The van der Waals surface area contributed by atoms with Crippen molar-refractivity contribution in [1.82, 2.24) is 10.2 Å². The molecule has 0 amide bonds. The highest BCUT2D eigenvalue weighted by molar-refractivity contribution is 5.98. The quantitative estimate of drug-likeness (QED) is 0.537. The number of nitrogens with one attached hydrogen (secondary N) is 1. The lowest BCUT2D eigenvalue weighted by Gasteiger charge is -2.25. The lowest BCUT2D eigenvalue weighted by molar-refractivity contribution is 0.0982. The standard InChI is InChI=1S/C24H34N2O2.C2H6/c1-7-18-10-9-13-21(24(18)28-6)19-11-8-12-20(14-19)23(27)15-25-22(17(2)3)16-26(4)5;1-2/h8-14,17,22,25H,7,15-16H2,1-6H3;1-2H3/t22-;/m0./s1. The molecule has 4 heteroatoms. The van der Waals surface area contributed by atoms with Crippen LogP contribution < -0.4 is 10.1 Å². The van der Waals surface area contributed by atoms with E-state index in [9.17, 15) is 4.79 Å². The van der Waals surface area contributed by atoms with Gasteiger partial charge in [-0.25, -0.2) is 0 Å². The first kappa shape index (κ1) is 25.9. The normalized spacial score (nSPS) is 11.8. The first-order valence-corrected chi connectivity index (χ1v) is 11.0. The molecule has 4 nitrogen and oxygen atoms in total. The molecule has 166 valence electrons. The van der Waals surface area contributed by atoms with E-state index in [2.05, 4.69) is 51.1 Å². The molecular weight excluding hydrogens is 372 g/mol. The Bertz CT molecular complexity index is 784. The highest BCUT2D eigenvalue weighted by Gasteiger charge is 2.17. The highest BCUT2D eigenvalue weighted by atomic mass is 16.5. The minimum Gasteiger partial charge on any atom is -0.496 e. The highest BCUT2D eigenvalue weighted by Crippen LogP contribution is 2.33. The molecule has 2 aromatic rings. The van der Waals surface area contributed by atoms with Crippen LogP contribution in [-0.2, 0) is 6.42 Å². The predicted octanol–water partition coefficient (Wildman–Crippen LogP) is 5.31. The maximum atomic E-state index is 12.8. The number of para-hydroxylation sites is 1. The Hall–Kier alpha value is -2.17. The molecule has 0 aliphatic rings. The molecule has 1 N–H and O–H groups in total. The number of carbonyl (C=O) groups excluding carboxylic acids is 1. The van der Waals surface area contributed by atoms with Gasteiger partial charge in [0.25, 0.3) is 0 Å². The van der Waals surface area contributed by atoms with Crippen LogP contribution in [0.5, 0.6) is 5.75 Å². The van der Waals surface area contributed by atoms with Crippen molar-refractivity contribution in [1.29, 1.82) is 0 Å². The van der Waals surface area contributed by atoms with E-state index in [4.69, 9.17) is 4.74 Å². The number of rotatable bonds is 10. The van der Waals surface area contributed by atoms with Crippen LogP contribution in [0.2, 0.25) is 0 Å². The monoisotopic (exact) mass is 412 g/mol. The minimum absolute atomic E-state index is 0.108. The van der Waals surface area contributed by atoms with Crippen molar-refractivity contribution in [3.63, 3.8) is 0 Å². The van der Waals surface area contributed by atoms with Gasteiger partial charge in [-0.05, 0) is 43.6 Å². The molecule has 0 bridgehead atoms. The second-order valence-electron chi connectivity index (χ2n) is 7.85. The molecule has 0 spiro atoms. The minimum atomic E-state index is 0.108. The average molecular weight is 413 g/mol. The largest absolute Gasteiger partial charge is 0.496 e. The number of hydrogen-bond acceptors (Lipinski definition) is 4. The molecule has 0 aliphatic heterocycles. The Balaban J connectivity index is 0.00000218. The number of nitrogens with zero attached hydrogens (tertiary/aromatic N) is 1. The Morgan fingerprint density at radius 1 is 1.10 bits per heavy atom. The molecule has 2 rings (SSSR count). The molecular formula is C26H40N2O2. The van der Waals surface area contributed by atoms with Crippen LogP contribution in [0.3, 0.4) is 0 Å². The smallest absolute Gasteiger partial charge is 0.176 e.